The van der Waals surface area contributed by atoms with Crippen molar-refractivity contribution >= 4 is 27.5 Å². The molecule has 1 aromatic rings. The van der Waals surface area contributed by atoms with Crippen molar-refractivity contribution in [3.63, 3.8) is 0 Å². The van der Waals surface area contributed by atoms with Gasteiger partial charge in [0.15, 0.2) is 0 Å². The van der Waals surface area contributed by atoms with Crippen LogP contribution in [0.1, 0.15) is 44.6 Å². The summed E-state index contributed by atoms with van der Waals surface area (Å²) in [6, 6.07) is 6.54. The Morgan fingerprint density at radius 3 is 2.62 bits per heavy atom. The molecule has 0 radical (unpaired) electrons. The van der Waals surface area contributed by atoms with Crippen LogP contribution in [0.15, 0.2) is 24.3 Å². The van der Waals surface area contributed by atoms with Gasteiger partial charge in [-0.1, -0.05) is 19.1 Å². The topological polar surface area (TPSA) is 113 Å². The van der Waals surface area contributed by atoms with Crippen LogP contribution in [-0.2, 0) is 26.2 Å². The number of primary amides is 1. The molecule has 0 aromatic heterocycles. The van der Waals surface area contributed by atoms with E-state index >= 15 is 0 Å². The van der Waals surface area contributed by atoms with E-state index in [1.54, 1.807) is 6.07 Å². The smallest absolute Gasteiger partial charge is 0.242 e. The molecular formula is C20H30N4O4S. The summed E-state index contributed by atoms with van der Waals surface area (Å²) < 4.78 is 26.2. The van der Waals surface area contributed by atoms with E-state index in [-0.39, 0.29) is 23.6 Å². The number of rotatable bonds is 8. The highest BCUT2D eigenvalue weighted by Crippen LogP contribution is 2.24. The number of anilines is 1. The second-order valence-corrected chi connectivity index (χ2v) is 9.85. The van der Waals surface area contributed by atoms with Gasteiger partial charge < -0.3 is 11.1 Å². The van der Waals surface area contributed by atoms with Gasteiger partial charge in [-0.3, -0.25) is 14.5 Å². The molecule has 2 saturated heterocycles. The van der Waals surface area contributed by atoms with Crippen LogP contribution in [0.2, 0.25) is 0 Å². The third-order valence-electron chi connectivity index (χ3n) is 5.60. The van der Waals surface area contributed by atoms with Gasteiger partial charge in [0.05, 0.1) is 11.8 Å². The second kappa shape index (κ2) is 9.23. The number of benzene rings is 1. The zero-order chi connectivity index (χ0) is 21.0. The fraction of sp³-hybridized carbons (Fsp3) is 0.600. The number of carbonyl (C=O) groups excluding carboxylic acids is 2. The van der Waals surface area contributed by atoms with Crippen LogP contribution in [0.25, 0.3) is 0 Å². The Balaban J connectivity index is 1.67. The van der Waals surface area contributed by atoms with Gasteiger partial charge in [0.1, 0.15) is 6.04 Å². The Morgan fingerprint density at radius 2 is 1.90 bits per heavy atom. The maximum Gasteiger partial charge on any atom is 0.242 e. The first-order valence-electron chi connectivity index (χ1n) is 10.2. The number of carbonyl (C=O) groups is 2. The molecule has 29 heavy (non-hydrogen) atoms. The number of hydrogen-bond acceptors (Lipinski definition) is 5. The molecule has 2 aliphatic rings. The highest BCUT2D eigenvalue weighted by atomic mass is 32.2. The lowest BCUT2D eigenvalue weighted by molar-refractivity contribution is -0.122. The van der Waals surface area contributed by atoms with Gasteiger partial charge in [0, 0.05) is 18.8 Å². The molecule has 2 amide bonds. The zero-order valence-corrected chi connectivity index (χ0v) is 17.7. The van der Waals surface area contributed by atoms with Gasteiger partial charge >= 0.3 is 0 Å². The number of nitrogens with one attached hydrogen (secondary N) is 1. The predicted molar refractivity (Wildman–Crippen MR) is 112 cm³/mol. The first-order valence-corrected chi connectivity index (χ1v) is 11.9. The quantitative estimate of drug-likeness (QED) is 0.655. The van der Waals surface area contributed by atoms with E-state index in [4.69, 9.17) is 5.73 Å². The molecule has 9 heteroatoms. The van der Waals surface area contributed by atoms with Crippen molar-refractivity contribution in [2.45, 2.75) is 57.7 Å². The average Bonchev–Trinajstić information content (AvgIpc) is 3.31. The normalized spacial score (nSPS) is 23.3. The molecule has 0 saturated carbocycles. The van der Waals surface area contributed by atoms with Crippen LogP contribution >= 0.6 is 0 Å². The van der Waals surface area contributed by atoms with Gasteiger partial charge in [0.25, 0.3) is 0 Å². The van der Waals surface area contributed by atoms with Crippen LogP contribution < -0.4 is 11.1 Å². The Morgan fingerprint density at radius 1 is 1.17 bits per heavy atom. The lowest BCUT2D eigenvalue weighted by Gasteiger charge is -2.24. The van der Waals surface area contributed by atoms with E-state index in [9.17, 15) is 18.0 Å². The molecule has 1 aromatic carbocycles. The Kier molecular flexibility index (Phi) is 6.92. The number of likely N-dealkylation sites (tertiary alicyclic amines) is 1. The van der Waals surface area contributed by atoms with Crippen LogP contribution in [0.3, 0.4) is 0 Å². The molecule has 160 valence electrons. The molecule has 2 fully saturated rings. The van der Waals surface area contributed by atoms with E-state index in [2.05, 4.69) is 10.2 Å². The molecular weight excluding hydrogens is 392 g/mol. The molecule has 2 atom stereocenters. The first-order chi connectivity index (χ1) is 13.8. The van der Waals surface area contributed by atoms with Crippen LogP contribution in [0.5, 0.6) is 0 Å². The Labute approximate surface area is 172 Å². The minimum Gasteiger partial charge on any atom is -0.368 e. The van der Waals surface area contributed by atoms with Crippen LogP contribution in [0, 0.1) is 0 Å². The minimum absolute atomic E-state index is 0.0587. The lowest BCUT2D eigenvalue weighted by Crippen LogP contribution is -2.44. The molecule has 0 spiro atoms. The van der Waals surface area contributed by atoms with Crippen molar-refractivity contribution in [3.8, 4) is 0 Å². The molecule has 3 rings (SSSR count). The highest BCUT2D eigenvalue weighted by Gasteiger charge is 2.38. The molecule has 2 heterocycles. The van der Waals surface area contributed by atoms with E-state index in [0.29, 0.717) is 38.0 Å². The lowest BCUT2D eigenvalue weighted by atomic mass is 10.1. The van der Waals surface area contributed by atoms with Gasteiger partial charge in [-0.05, 0) is 56.3 Å². The highest BCUT2D eigenvalue weighted by molar-refractivity contribution is 7.89. The maximum atomic E-state index is 12.8. The number of amides is 2. The third-order valence-corrected chi connectivity index (χ3v) is 7.67. The first kappa shape index (κ1) is 21.7. The average molecular weight is 423 g/mol. The SMILES string of the molecule is CCCS(=O)(=O)N1CCCC1C(=O)Nc1cccc(CN2CCCC2C(N)=O)c1. The van der Waals surface area contributed by atoms with Gasteiger partial charge in [-0.2, -0.15) is 4.31 Å². The summed E-state index contributed by atoms with van der Waals surface area (Å²) >= 11 is 0. The fourth-order valence-corrected chi connectivity index (χ4v) is 6.00. The van der Waals surface area contributed by atoms with E-state index in [0.717, 1.165) is 24.9 Å². The summed E-state index contributed by atoms with van der Waals surface area (Å²) in [5.74, 6) is -0.541. The zero-order valence-electron chi connectivity index (χ0n) is 16.8. The Hall–Kier alpha value is -1.97. The van der Waals surface area contributed by atoms with Crippen LogP contribution in [-0.4, -0.2) is 60.4 Å². The molecule has 3 N–H and O–H groups in total. The molecule has 0 bridgehead atoms. The predicted octanol–water partition coefficient (Wildman–Crippen LogP) is 1.28. The monoisotopic (exact) mass is 422 g/mol. The third kappa shape index (κ3) is 5.15. The van der Waals surface area contributed by atoms with Gasteiger partial charge in [-0.25, -0.2) is 8.42 Å². The molecule has 2 aliphatic heterocycles. The van der Waals surface area contributed by atoms with Gasteiger partial charge in [-0.15, -0.1) is 0 Å². The number of nitrogens with zero attached hydrogens (tertiary/aromatic N) is 2. The molecule has 0 aliphatic carbocycles. The summed E-state index contributed by atoms with van der Waals surface area (Å²) in [6.07, 6.45) is 3.45. The number of nitrogens with two attached hydrogens (primary N) is 1. The van der Waals surface area contributed by atoms with Crippen molar-refractivity contribution in [1.29, 1.82) is 0 Å². The van der Waals surface area contributed by atoms with Crippen molar-refractivity contribution in [1.82, 2.24) is 9.21 Å². The van der Waals surface area contributed by atoms with E-state index in [1.165, 1.54) is 4.31 Å². The molecule has 2 unspecified atom stereocenters. The standard InChI is InChI=1S/C20H30N4O4S/c1-2-12-29(27,28)24-11-5-9-18(24)20(26)22-16-7-3-6-15(13-16)14-23-10-4-8-17(23)19(21)25/h3,6-7,13,17-18H,2,4-5,8-12,14H2,1H3,(H2,21,25)(H,22,26). The minimum atomic E-state index is -3.41. The van der Waals surface area contributed by atoms with Crippen molar-refractivity contribution in [2.24, 2.45) is 5.73 Å². The van der Waals surface area contributed by atoms with E-state index < -0.39 is 16.1 Å². The molecule has 8 nitrogen and oxygen atoms in total. The summed E-state index contributed by atoms with van der Waals surface area (Å²) in [5, 5.41) is 2.87. The number of hydrogen-bond donors (Lipinski definition) is 2. The summed E-state index contributed by atoms with van der Waals surface area (Å²) in [7, 11) is -3.41. The number of sulfonamides is 1. The van der Waals surface area contributed by atoms with Gasteiger partial charge in [0.2, 0.25) is 21.8 Å². The Bertz CT molecular complexity index is 858. The van der Waals surface area contributed by atoms with Crippen molar-refractivity contribution < 1.29 is 18.0 Å². The van der Waals surface area contributed by atoms with E-state index in [1.807, 2.05) is 25.1 Å². The summed E-state index contributed by atoms with van der Waals surface area (Å²) in [4.78, 5) is 26.4. The fourth-order valence-electron chi connectivity index (χ4n) is 4.26. The summed E-state index contributed by atoms with van der Waals surface area (Å²) in [6.45, 7) is 3.61. The van der Waals surface area contributed by atoms with Crippen LogP contribution in [0.4, 0.5) is 5.69 Å². The largest absolute Gasteiger partial charge is 0.368 e. The maximum absolute atomic E-state index is 12.8. The van der Waals surface area contributed by atoms with Crippen molar-refractivity contribution in [3.05, 3.63) is 29.8 Å². The second-order valence-electron chi connectivity index (χ2n) is 7.81. The summed E-state index contributed by atoms with van der Waals surface area (Å²) in [5.41, 5.74) is 7.08. The van der Waals surface area contributed by atoms with Crippen molar-refractivity contribution in [2.75, 3.05) is 24.2 Å².